The van der Waals surface area contributed by atoms with Crippen molar-refractivity contribution in [1.82, 2.24) is 0 Å². The molecule has 2 N–H and O–H groups in total. The zero-order valence-electron chi connectivity index (χ0n) is 13.0. The Morgan fingerprint density at radius 1 is 0.905 bits per heavy atom. The lowest BCUT2D eigenvalue weighted by Gasteiger charge is -2.30. The van der Waals surface area contributed by atoms with Gasteiger partial charge in [0.2, 0.25) is 0 Å². The highest BCUT2D eigenvalue weighted by molar-refractivity contribution is 5.83. The smallest absolute Gasteiger partial charge is 0.308 e. The number of rotatable bonds is 8. The number of hydrogen-bond donors (Lipinski definition) is 2. The fourth-order valence-electron chi connectivity index (χ4n) is 4.34. The molecule has 0 radical (unpaired) electrons. The molecule has 4 heteroatoms. The van der Waals surface area contributed by atoms with Gasteiger partial charge in [-0.25, -0.2) is 0 Å². The van der Waals surface area contributed by atoms with Gasteiger partial charge in [0.1, 0.15) is 0 Å². The van der Waals surface area contributed by atoms with Crippen LogP contribution < -0.4 is 0 Å². The number of allylic oxidation sites excluding steroid dienone is 2. The summed E-state index contributed by atoms with van der Waals surface area (Å²) in [7, 11) is 0. The first kappa shape index (κ1) is 16.1. The number of carbonyl (C=O) groups is 2. The number of aliphatic carboxylic acids is 2. The minimum absolute atomic E-state index is 0.0352. The van der Waals surface area contributed by atoms with Crippen LogP contribution in [0.15, 0.2) is 11.1 Å². The maximum atomic E-state index is 11.6. The van der Waals surface area contributed by atoms with Crippen molar-refractivity contribution in [3.05, 3.63) is 11.1 Å². The average Bonchev–Trinajstić information content (AvgIpc) is 2.97. The Morgan fingerprint density at radius 3 is 1.57 bits per heavy atom. The molecule has 21 heavy (non-hydrogen) atoms. The minimum Gasteiger partial charge on any atom is -0.481 e. The molecule has 0 aromatic heterocycles. The van der Waals surface area contributed by atoms with Crippen LogP contribution in [0.25, 0.3) is 0 Å². The molecule has 1 saturated carbocycles. The minimum atomic E-state index is -0.932. The number of fused-ring (bicyclic) bond motifs is 2. The van der Waals surface area contributed by atoms with E-state index < -0.39 is 23.8 Å². The normalized spacial score (nSPS) is 31.0. The van der Waals surface area contributed by atoms with E-state index in [1.807, 2.05) is 0 Å². The summed E-state index contributed by atoms with van der Waals surface area (Å²) >= 11 is 0. The SMILES string of the molecule is CCCCC1=C(CCCC)C2CC1C(C(=O)O)C2C(=O)O. The third kappa shape index (κ3) is 2.85. The van der Waals surface area contributed by atoms with Crippen molar-refractivity contribution in [1.29, 1.82) is 0 Å². The molecule has 4 nitrogen and oxygen atoms in total. The van der Waals surface area contributed by atoms with Crippen molar-refractivity contribution in [2.75, 3.05) is 0 Å². The van der Waals surface area contributed by atoms with E-state index in [-0.39, 0.29) is 11.8 Å². The third-order valence-electron chi connectivity index (χ3n) is 5.24. The van der Waals surface area contributed by atoms with E-state index in [0.29, 0.717) is 0 Å². The highest BCUT2D eigenvalue weighted by Gasteiger charge is 2.57. The van der Waals surface area contributed by atoms with Gasteiger partial charge in [0.15, 0.2) is 0 Å². The zero-order chi connectivity index (χ0) is 15.6. The van der Waals surface area contributed by atoms with Crippen LogP contribution in [0.2, 0.25) is 0 Å². The number of unbranched alkanes of at least 4 members (excludes halogenated alkanes) is 2. The molecule has 4 atom stereocenters. The van der Waals surface area contributed by atoms with Crippen LogP contribution in [0.1, 0.15) is 58.8 Å². The predicted molar refractivity (Wildman–Crippen MR) is 79.9 cm³/mol. The van der Waals surface area contributed by atoms with Gasteiger partial charge in [-0.15, -0.1) is 0 Å². The fourth-order valence-corrected chi connectivity index (χ4v) is 4.34. The van der Waals surface area contributed by atoms with E-state index in [4.69, 9.17) is 0 Å². The molecule has 0 spiro atoms. The lowest BCUT2D eigenvalue weighted by atomic mass is 9.73. The van der Waals surface area contributed by atoms with Crippen LogP contribution in [0.3, 0.4) is 0 Å². The summed E-state index contributed by atoms with van der Waals surface area (Å²) in [4.78, 5) is 23.1. The molecule has 2 rings (SSSR count). The standard InChI is InChI=1S/C17H26O4/c1-3-5-7-10-11(8-6-4-2)13-9-12(10)14(16(18)19)15(13)17(20)21/h12-15H,3-9H2,1-2H3,(H,18,19)(H,20,21). The van der Waals surface area contributed by atoms with Crippen LogP contribution in [0, 0.1) is 23.7 Å². The Morgan fingerprint density at radius 2 is 1.29 bits per heavy atom. The van der Waals surface area contributed by atoms with Crippen LogP contribution >= 0.6 is 0 Å². The average molecular weight is 294 g/mol. The highest BCUT2D eigenvalue weighted by Crippen LogP contribution is 2.57. The molecule has 0 aromatic rings. The van der Waals surface area contributed by atoms with Gasteiger partial charge in [0.05, 0.1) is 11.8 Å². The molecule has 2 aliphatic carbocycles. The lowest BCUT2D eigenvalue weighted by molar-refractivity contribution is -0.154. The van der Waals surface area contributed by atoms with Gasteiger partial charge in [-0.3, -0.25) is 9.59 Å². The molecular weight excluding hydrogens is 268 g/mol. The molecule has 0 saturated heterocycles. The molecular formula is C17H26O4. The van der Waals surface area contributed by atoms with Crippen LogP contribution in [-0.4, -0.2) is 22.2 Å². The first-order valence-corrected chi connectivity index (χ1v) is 8.20. The van der Waals surface area contributed by atoms with Crippen molar-refractivity contribution in [3.63, 3.8) is 0 Å². The van der Waals surface area contributed by atoms with E-state index in [0.717, 1.165) is 44.9 Å². The van der Waals surface area contributed by atoms with Gasteiger partial charge < -0.3 is 10.2 Å². The van der Waals surface area contributed by atoms with E-state index in [2.05, 4.69) is 13.8 Å². The summed E-state index contributed by atoms with van der Waals surface area (Å²) in [6.07, 6.45) is 6.95. The first-order chi connectivity index (χ1) is 10.0. The van der Waals surface area contributed by atoms with E-state index in [9.17, 15) is 19.8 Å². The predicted octanol–water partition coefficient (Wildman–Crippen LogP) is 3.71. The summed E-state index contributed by atoms with van der Waals surface area (Å²) in [6.45, 7) is 4.27. The molecule has 0 amide bonds. The summed E-state index contributed by atoms with van der Waals surface area (Å²) in [6, 6.07) is 0. The second-order valence-electron chi connectivity index (χ2n) is 6.43. The van der Waals surface area contributed by atoms with Gasteiger partial charge in [-0.05, 0) is 43.9 Å². The second-order valence-corrected chi connectivity index (χ2v) is 6.43. The van der Waals surface area contributed by atoms with Crippen LogP contribution in [0.4, 0.5) is 0 Å². The van der Waals surface area contributed by atoms with Gasteiger partial charge >= 0.3 is 11.9 Å². The van der Waals surface area contributed by atoms with E-state index in [1.54, 1.807) is 0 Å². The maximum absolute atomic E-state index is 11.6. The lowest BCUT2D eigenvalue weighted by Crippen LogP contribution is -2.36. The van der Waals surface area contributed by atoms with Gasteiger partial charge in [-0.2, -0.15) is 0 Å². The molecule has 4 unspecified atom stereocenters. The van der Waals surface area contributed by atoms with Crippen molar-refractivity contribution < 1.29 is 19.8 Å². The molecule has 1 fully saturated rings. The Bertz CT molecular complexity index is 412. The monoisotopic (exact) mass is 294 g/mol. The van der Waals surface area contributed by atoms with Gasteiger partial charge in [0.25, 0.3) is 0 Å². The van der Waals surface area contributed by atoms with Crippen molar-refractivity contribution >= 4 is 11.9 Å². The second kappa shape index (κ2) is 6.63. The zero-order valence-corrected chi connectivity index (χ0v) is 13.0. The summed E-state index contributed by atoms with van der Waals surface area (Å²) in [5.41, 5.74) is 2.58. The topological polar surface area (TPSA) is 74.6 Å². The largest absolute Gasteiger partial charge is 0.481 e. The van der Waals surface area contributed by atoms with Crippen molar-refractivity contribution in [2.45, 2.75) is 58.8 Å². The van der Waals surface area contributed by atoms with Crippen molar-refractivity contribution in [3.8, 4) is 0 Å². The van der Waals surface area contributed by atoms with Gasteiger partial charge in [-0.1, -0.05) is 37.8 Å². The summed E-state index contributed by atoms with van der Waals surface area (Å²) < 4.78 is 0. The Labute approximate surface area is 126 Å². The Hall–Kier alpha value is -1.32. The highest BCUT2D eigenvalue weighted by atomic mass is 16.4. The van der Waals surface area contributed by atoms with Crippen LogP contribution in [0.5, 0.6) is 0 Å². The molecule has 118 valence electrons. The molecule has 0 aliphatic heterocycles. The molecule has 0 heterocycles. The Kier molecular flexibility index (Phi) is 5.07. The van der Waals surface area contributed by atoms with Crippen LogP contribution in [-0.2, 0) is 9.59 Å². The number of carboxylic acid groups (broad SMARTS) is 2. The number of hydrogen-bond acceptors (Lipinski definition) is 2. The van der Waals surface area contributed by atoms with Crippen molar-refractivity contribution in [2.24, 2.45) is 23.7 Å². The molecule has 2 aliphatic rings. The number of carboxylic acids is 2. The quantitative estimate of drug-likeness (QED) is 0.669. The van der Waals surface area contributed by atoms with E-state index >= 15 is 0 Å². The Balaban J connectivity index is 2.33. The first-order valence-electron chi connectivity index (χ1n) is 8.20. The molecule has 0 aromatic carbocycles. The van der Waals surface area contributed by atoms with E-state index in [1.165, 1.54) is 11.1 Å². The summed E-state index contributed by atoms with van der Waals surface area (Å²) in [5, 5.41) is 18.9. The third-order valence-corrected chi connectivity index (χ3v) is 5.24. The maximum Gasteiger partial charge on any atom is 0.308 e. The fraction of sp³-hybridized carbons (Fsp3) is 0.765. The van der Waals surface area contributed by atoms with Gasteiger partial charge in [0, 0.05) is 0 Å². The summed E-state index contributed by atoms with van der Waals surface area (Å²) in [5.74, 6) is -3.37. The molecule has 2 bridgehead atoms.